The molecule has 1 amide bonds. The third-order valence-corrected chi connectivity index (χ3v) is 5.88. The molecule has 1 aliphatic heterocycles. The van der Waals surface area contributed by atoms with E-state index in [0.717, 1.165) is 12.0 Å². The van der Waals surface area contributed by atoms with Crippen LogP contribution in [0.5, 0.6) is 17.2 Å². The highest BCUT2D eigenvalue weighted by Crippen LogP contribution is 2.38. The third kappa shape index (κ3) is 5.00. The van der Waals surface area contributed by atoms with Crippen LogP contribution in [-0.2, 0) is 33.7 Å². The summed E-state index contributed by atoms with van der Waals surface area (Å²) < 4.78 is 21.1. The Morgan fingerprint density at radius 2 is 1.83 bits per heavy atom. The molecular formula is C21H25NO6S. The molecule has 0 unspecified atom stereocenters. The standard InChI is InChI=1S/C21H25NO6S/c1-25-16-10-14(11-17(26-2)21(16)27-3)4-5-20(24)28-13-19(23)22-8-6-18-15(12-22)7-9-29-18/h7,9-11H,4-6,8,12-13H2,1-3H3. The monoisotopic (exact) mass is 419 g/mol. The van der Waals surface area contributed by atoms with Crippen molar-refractivity contribution in [2.24, 2.45) is 0 Å². The lowest BCUT2D eigenvalue weighted by atomic mass is 10.1. The summed E-state index contributed by atoms with van der Waals surface area (Å²) in [4.78, 5) is 27.5. The lowest BCUT2D eigenvalue weighted by molar-refractivity contribution is -0.152. The number of thiophene rings is 1. The molecule has 1 aromatic carbocycles. The molecule has 29 heavy (non-hydrogen) atoms. The molecule has 0 saturated heterocycles. The van der Waals surface area contributed by atoms with E-state index in [0.29, 0.717) is 36.8 Å². The number of carbonyl (C=O) groups is 2. The van der Waals surface area contributed by atoms with Gasteiger partial charge in [-0.2, -0.15) is 0 Å². The summed E-state index contributed by atoms with van der Waals surface area (Å²) in [6, 6.07) is 5.64. The van der Waals surface area contributed by atoms with Crippen molar-refractivity contribution in [1.29, 1.82) is 0 Å². The Bertz CT molecular complexity index is 853. The van der Waals surface area contributed by atoms with Crippen LogP contribution in [0.25, 0.3) is 0 Å². The first-order valence-electron chi connectivity index (χ1n) is 9.33. The predicted molar refractivity (Wildman–Crippen MR) is 109 cm³/mol. The van der Waals surface area contributed by atoms with Crippen LogP contribution >= 0.6 is 11.3 Å². The van der Waals surface area contributed by atoms with Gasteiger partial charge in [0.25, 0.3) is 5.91 Å². The highest BCUT2D eigenvalue weighted by molar-refractivity contribution is 7.10. The summed E-state index contributed by atoms with van der Waals surface area (Å²) in [6.45, 7) is 1.02. The first-order valence-corrected chi connectivity index (χ1v) is 10.2. The topological polar surface area (TPSA) is 74.3 Å². The minimum absolute atomic E-state index is 0.153. The molecule has 7 nitrogen and oxygen atoms in total. The van der Waals surface area contributed by atoms with Gasteiger partial charge in [0.1, 0.15) is 0 Å². The predicted octanol–water partition coefficient (Wildman–Crippen LogP) is 2.83. The maximum absolute atomic E-state index is 12.4. The second-order valence-electron chi connectivity index (χ2n) is 6.63. The molecule has 0 radical (unpaired) electrons. The average Bonchev–Trinajstić information content (AvgIpc) is 3.22. The number of aryl methyl sites for hydroxylation is 1. The Hall–Kier alpha value is -2.74. The molecule has 0 spiro atoms. The van der Waals surface area contributed by atoms with Crippen molar-refractivity contribution in [1.82, 2.24) is 4.90 Å². The van der Waals surface area contributed by atoms with Crippen molar-refractivity contribution in [2.75, 3.05) is 34.5 Å². The van der Waals surface area contributed by atoms with Gasteiger partial charge >= 0.3 is 5.97 Å². The van der Waals surface area contributed by atoms with Crippen molar-refractivity contribution in [3.05, 3.63) is 39.6 Å². The van der Waals surface area contributed by atoms with E-state index in [1.54, 1.807) is 42.6 Å². The van der Waals surface area contributed by atoms with E-state index >= 15 is 0 Å². The van der Waals surface area contributed by atoms with Crippen LogP contribution in [0.2, 0.25) is 0 Å². The summed E-state index contributed by atoms with van der Waals surface area (Å²) in [6.07, 6.45) is 1.44. The zero-order valence-corrected chi connectivity index (χ0v) is 17.7. The highest BCUT2D eigenvalue weighted by Gasteiger charge is 2.22. The number of hydrogen-bond donors (Lipinski definition) is 0. The second kappa shape index (κ2) is 9.65. The Kier molecular flexibility index (Phi) is 6.98. The maximum Gasteiger partial charge on any atom is 0.306 e. The number of rotatable bonds is 8. The Balaban J connectivity index is 1.49. The lowest BCUT2D eigenvalue weighted by Gasteiger charge is -2.26. The van der Waals surface area contributed by atoms with E-state index in [1.165, 1.54) is 17.6 Å². The maximum atomic E-state index is 12.4. The van der Waals surface area contributed by atoms with Gasteiger partial charge < -0.3 is 23.8 Å². The van der Waals surface area contributed by atoms with Crippen LogP contribution in [0.3, 0.4) is 0 Å². The third-order valence-electron chi connectivity index (χ3n) is 4.86. The summed E-state index contributed by atoms with van der Waals surface area (Å²) in [5, 5.41) is 2.04. The van der Waals surface area contributed by atoms with E-state index in [1.807, 2.05) is 11.4 Å². The Labute approximate surface area is 174 Å². The largest absolute Gasteiger partial charge is 0.493 e. The van der Waals surface area contributed by atoms with Crippen molar-refractivity contribution in [3.63, 3.8) is 0 Å². The van der Waals surface area contributed by atoms with E-state index in [-0.39, 0.29) is 18.9 Å². The number of carbonyl (C=O) groups excluding carboxylic acids is 2. The van der Waals surface area contributed by atoms with Crippen LogP contribution < -0.4 is 14.2 Å². The number of fused-ring (bicyclic) bond motifs is 1. The molecular weight excluding hydrogens is 394 g/mol. The Morgan fingerprint density at radius 1 is 1.10 bits per heavy atom. The molecule has 3 rings (SSSR count). The summed E-state index contributed by atoms with van der Waals surface area (Å²) in [5.74, 6) is 0.983. The zero-order valence-electron chi connectivity index (χ0n) is 16.9. The fourth-order valence-corrected chi connectivity index (χ4v) is 4.18. The number of methoxy groups -OCH3 is 3. The van der Waals surface area contributed by atoms with Gasteiger partial charge in [0, 0.05) is 24.4 Å². The number of benzene rings is 1. The molecule has 1 aromatic heterocycles. The van der Waals surface area contributed by atoms with E-state index < -0.39 is 5.97 Å². The molecule has 156 valence electrons. The van der Waals surface area contributed by atoms with Gasteiger partial charge in [-0.3, -0.25) is 9.59 Å². The van der Waals surface area contributed by atoms with Gasteiger partial charge in [0.05, 0.1) is 21.3 Å². The molecule has 0 atom stereocenters. The van der Waals surface area contributed by atoms with Crippen LogP contribution in [-0.4, -0.2) is 51.3 Å². The van der Waals surface area contributed by atoms with E-state index in [9.17, 15) is 9.59 Å². The van der Waals surface area contributed by atoms with Gasteiger partial charge in [-0.15, -0.1) is 11.3 Å². The molecule has 0 bridgehead atoms. The first kappa shape index (κ1) is 21.0. The summed E-state index contributed by atoms with van der Waals surface area (Å²) >= 11 is 1.72. The summed E-state index contributed by atoms with van der Waals surface area (Å²) in [7, 11) is 4.62. The zero-order chi connectivity index (χ0) is 20.8. The van der Waals surface area contributed by atoms with Crippen LogP contribution in [0.15, 0.2) is 23.6 Å². The van der Waals surface area contributed by atoms with E-state index in [2.05, 4.69) is 0 Å². The fraction of sp³-hybridized carbons (Fsp3) is 0.429. The number of nitrogens with zero attached hydrogens (tertiary/aromatic N) is 1. The smallest absolute Gasteiger partial charge is 0.306 e. The highest BCUT2D eigenvalue weighted by atomic mass is 32.1. The van der Waals surface area contributed by atoms with Crippen molar-refractivity contribution < 1.29 is 28.5 Å². The van der Waals surface area contributed by atoms with Gasteiger partial charge in [-0.25, -0.2) is 0 Å². The molecule has 2 heterocycles. The molecule has 0 aliphatic carbocycles. The molecule has 2 aromatic rings. The quantitative estimate of drug-likeness (QED) is 0.613. The molecule has 1 aliphatic rings. The van der Waals surface area contributed by atoms with E-state index in [4.69, 9.17) is 18.9 Å². The number of hydrogen-bond acceptors (Lipinski definition) is 7. The fourth-order valence-electron chi connectivity index (χ4n) is 3.29. The van der Waals surface area contributed by atoms with Crippen LogP contribution in [0, 0.1) is 0 Å². The molecule has 8 heteroatoms. The minimum Gasteiger partial charge on any atom is -0.493 e. The van der Waals surface area contributed by atoms with Gasteiger partial charge in [-0.05, 0) is 47.5 Å². The van der Waals surface area contributed by atoms with Crippen molar-refractivity contribution in [2.45, 2.75) is 25.8 Å². The lowest BCUT2D eigenvalue weighted by Crippen LogP contribution is -2.38. The first-order chi connectivity index (χ1) is 14.0. The summed E-state index contributed by atoms with van der Waals surface area (Å²) in [5.41, 5.74) is 2.03. The van der Waals surface area contributed by atoms with Gasteiger partial charge in [0.15, 0.2) is 18.1 Å². The normalized spacial score (nSPS) is 12.9. The number of esters is 1. The Morgan fingerprint density at radius 3 is 2.48 bits per heavy atom. The molecule has 0 N–H and O–H groups in total. The minimum atomic E-state index is -0.416. The second-order valence-corrected chi connectivity index (χ2v) is 7.63. The van der Waals surface area contributed by atoms with Gasteiger partial charge in [-0.1, -0.05) is 0 Å². The average molecular weight is 419 g/mol. The van der Waals surface area contributed by atoms with Crippen molar-refractivity contribution in [3.8, 4) is 17.2 Å². The molecule has 0 saturated carbocycles. The van der Waals surface area contributed by atoms with Crippen LogP contribution in [0.4, 0.5) is 0 Å². The van der Waals surface area contributed by atoms with Gasteiger partial charge in [0.2, 0.25) is 5.75 Å². The molecule has 0 fully saturated rings. The van der Waals surface area contributed by atoms with Crippen LogP contribution in [0.1, 0.15) is 22.4 Å². The number of amides is 1. The number of ether oxygens (including phenoxy) is 4. The SMILES string of the molecule is COc1cc(CCC(=O)OCC(=O)N2CCc3sccc3C2)cc(OC)c1OC. The van der Waals surface area contributed by atoms with Crippen molar-refractivity contribution >= 4 is 23.2 Å².